The highest BCUT2D eigenvalue weighted by Gasteiger charge is 2.65. The molecule has 23 heavy (non-hydrogen) atoms. The number of carbonyl (C=O) groups excluding carboxylic acids is 1. The summed E-state index contributed by atoms with van der Waals surface area (Å²) in [5.41, 5.74) is -1.93. The molecule has 0 bridgehead atoms. The van der Waals surface area contributed by atoms with E-state index >= 15 is 0 Å². The first-order valence-corrected chi connectivity index (χ1v) is 7.86. The van der Waals surface area contributed by atoms with Crippen LogP contribution in [-0.4, -0.2) is 45.0 Å². The van der Waals surface area contributed by atoms with Crippen molar-refractivity contribution >= 4 is 17.2 Å². The number of nitrogens with zero attached hydrogens (tertiary/aromatic N) is 2. The Labute approximate surface area is 131 Å². The quantitative estimate of drug-likeness (QED) is 0.788. The van der Waals surface area contributed by atoms with E-state index in [9.17, 15) is 31.9 Å². The molecule has 2 fully saturated rings. The van der Waals surface area contributed by atoms with Crippen LogP contribution in [0.5, 0.6) is 0 Å². The Balaban J connectivity index is 1.93. The van der Waals surface area contributed by atoms with Crippen LogP contribution in [0.2, 0.25) is 0 Å². The Morgan fingerprint density at radius 3 is 2.48 bits per heavy atom. The highest BCUT2D eigenvalue weighted by molar-refractivity contribution is 7.09. The maximum absolute atomic E-state index is 13.9. The van der Waals surface area contributed by atoms with Crippen molar-refractivity contribution in [2.75, 3.05) is 6.54 Å². The molecule has 1 saturated carbocycles. The normalized spacial score (nSPS) is 26.2. The number of hydrogen-bond acceptors (Lipinski definition) is 4. The highest BCUT2D eigenvalue weighted by atomic mass is 32.1. The summed E-state index contributed by atoms with van der Waals surface area (Å²) < 4.78 is 65.6. The summed E-state index contributed by atoms with van der Waals surface area (Å²) >= 11 is 0.242. The maximum Gasteiger partial charge on any atom is 0.443 e. The summed E-state index contributed by atoms with van der Waals surface area (Å²) in [5.74, 6) is -4.47. The lowest BCUT2D eigenvalue weighted by atomic mass is 9.90. The Hall–Kier alpha value is -1.29. The summed E-state index contributed by atoms with van der Waals surface area (Å²) in [6.45, 7) is -1.01. The van der Waals surface area contributed by atoms with Crippen molar-refractivity contribution in [1.82, 2.24) is 9.88 Å². The average molecular weight is 356 g/mol. The van der Waals surface area contributed by atoms with Crippen molar-refractivity contribution in [3.8, 4) is 0 Å². The third-order valence-electron chi connectivity index (χ3n) is 4.50. The van der Waals surface area contributed by atoms with Gasteiger partial charge in [-0.15, -0.1) is 11.3 Å². The molecule has 10 heteroatoms. The molecule has 1 unspecified atom stereocenters. The van der Waals surface area contributed by atoms with Gasteiger partial charge in [-0.1, -0.05) is 12.8 Å². The van der Waals surface area contributed by atoms with Gasteiger partial charge in [0, 0.05) is 5.38 Å². The minimum Gasteiger partial charge on any atom is -0.384 e. The highest BCUT2D eigenvalue weighted by Crippen LogP contribution is 2.49. The van der Waals surface area contributed by atoms with Gasteiger partial charge in [0.2, 0.25) is 0 Å². The Bertz CT molecular complexity index is 624. The van der Waals surface area contributed by atoms with Crippen LogP contribution in [-0.2, 0) is 6.18 Å². The van der Waals surface area contributed by atoms with Gasteiger partial charge < -0.3 is 10.0 Å². The molecule has 0 radical (unpaired) electrons. The molecule has 0 aromatic carbocycles. The van der Waals surface area contributed by atoms with Crippen molar-refractivity contribution in [2.45, 2.75) is 49.4 Å². The molecular weight excluding hydrogens is 343 g/mol. The van der Waals surface area contributed by atoms with E-state index in [2.05, 4.69) is 4.98 Å². The first kappa shape index (κ1) is 16.6. The van der Waals surface area contributed by atoms with Crippen LogP contribution in [0.25, 0.3) is 0 Å². The molecule has 128 valence electrons. The first-order valence-electron chi connectivity index (χ1n) is 6.98. The summed E-state index contributed by atoms with van der Waals surface area (Å²) in [6.07, 6.45) is -5.16. The van der Waals surface area contributed by atoms with Crippen molar-refractivity contribution in [3.05, 3.63) is 16.1 Å². The summed E-state index contributed by atoms with van der Waals surface area (Å²) in [7, 11) is 0. The number of aliphatic hydroxyl groups is 1. The second kappa shape index (κ2) is 5.10. The van der Waals surface area contributed by atoms with Crippen LogP contribution in [0, 0.1) is 0 Å². The van der Waals surface area contributed by atoms with Gasteiger partial charge in [-0.2, -0.15) is 13.2 Å². The molecular formula is C13H13F5N2O2S. The van der Waals surface area contributed by atoms with Gasteiger partial charge >= 0.3 is 6.18 Å². The summed E-state index contributed by atoms with van der Waals surface area (Å²) in [4.78, 5) is 16.5. The summed E-state index contributed by atoms with van der Waals surface area (Å²) in [5, 5.41) is 9.68. The van der Waals surface area contributed by atoms with E-state index in [4.69, 9.17) is 0 Å². The molecule has 4 nitrogen and oxygen atoms in total. The van der Waals surface area contributed by atoms with Gasteiger partial charge in [-0.3, -0.25) is 4.79 Å². The predicted molar refractivity (Wildman–Crippen MR) is 70.3 cm³/mol. The number of likely N-dealkylation sites (tertiary alicyclic amines) is 1. The number of aliphatic hydroxyl groups excluding tert-OH is 1. The second-order valence-corrected chi connectivity index (χ2v) is 6.76. The molecule has 2 heterocycles. The second-order valence-electron chi connectivity index (χ2n) is 5.90. The van der Waals surface area contributed by atoms with E-state index in [0.29, 0.717) is 12.8 Å². The smallest absolute Gasteiger partial charge is 0.384 e. The summed E-state index contributed by atoms with van der Waals surface area (Å²) in [6, 6.07) is 0. The number of hydrogen-bond donors (Lipinski definition) is 1. The minimum atomic E-state index is -4.69. The Morgan fingerprint density at radius 1 is 1.35 bits per heavy atom. The molecule has 1 saturated heterocycles. The number of amides is 1. The van der Waals surface area contributed by atoms with Gasteiger partial charge in [0.1, 0.15) is 11.8 Å². The van der Waals surface area contributed by atoms with E-state index in [1.165, 1.54) is 0 Å². The third-order valence-corrected chi connectivity index (χ3v) is 5.38. The fourth-order valence-electron chi connectivity index (χ4n) is 3.44. The van der Waals surface area contributed by atoms with Crippen LogP contribution in [0.3, 0.4) is 0 Å². The molecule has 1 aliphatic heterocycles. The molecule has 1 spiro atoms. The zero-order valence-corrected chi connectivity index (χ0v) is 12.6. The minimum absolute atomic E-state index is 0.200. The topological polar surface area (TPSA) is 53.4 Å². The third kappa shape index (κ3) is 2.51. The largest absolute Gasteiger partial charge is 0.443 e. The maximum atomic E-state index is 13.9. The molecule has 1 atom stereocenters. The lowest BCUT2D eigenvalue weighted by Crippen LogP contribution is -2.52. The van der Waals surface area contributed by atoms with Crippen LogP contribution in [0.4, 0.5) is 22.0 Å². The average Bonchev–Trinajstić information content (AvgIpc) is 3.14. The van der Waals surface area contributed by atoms with E-state index in [1.54, 1.807) is 0 Å². The van der Waals surface area contributed by atoms with E-state index in [-0.39, 0.29) is 24.2 Å². The molecule has 1 aromatic rings. The number of halogens is 5. The molecule has 1 N–H and O–H groups in total. The van der Waals surface area contributed by atoms with Gasteiger partial charge in [0.15, 0.2) is 5.01 Å². The number of alkyl halides is 5. The van der Waals surface area contributed by atoms with Crippen molar-refractivity contribution in [1.29, 1.82) is 0 Å². The van der Waals surface area contributed by atoms with Crippen LogP contribution in [0.15, 0.2) is 5.38 Å². The van der Waals surface area contributed by atoms with E-state index in [0.717, 1.165) is 10.3 Å². The molecule has 1 aromatic heterocycles. The van der Waals surface area contributed by atoms with Crippen molar-refractivity contribution < 1.29 is 31.9 Å². The predicted octanol–water partition coefficient (Wildman–Crippen LogP) is 2.93. The van der Waals surface area contributed by atoms with E-state index in [1.807, 2.05) is 0 Å². The fraction of sp³-hybridized carbons (Fsp3) is 0.692. The SMILES string of the molecule is O=C(c1csc(C(F)(F)F)n1)N1CC(F)(F)C(O)C12CCCC2. The fourth-order valence-corrected chi connectivity index (χ4v) is 4.10. The van der Waals surface area contributed by atoms with Crippen LogP contribution < -0.4 is 0 Å². The first-order chi connectivity index (χ1) is 10.6. The van der Waals surface area contributed by atoms with Gasteiger partial charge in [-0.05, 0) is 12.8 Å². The molecule has 3 rings (SSSR count). The lowest BCUT2D eigenvalue weighted by Gasteiger charge is -2.36. The number of carbonyl (C=O) groups is 1. The number of rotatable bonds is 1. The molecule has 2 aliphatic rings. The zero-order chi connectivity index (χ0) is 17.0. The van der Waals surface area contributed by atoms with Crippen molar-refractivity contribution in [2.24, 2.45) is 0 Å². The van der Waals surface area contributed by atoms with E-state index < -0.39 is 46.9 Å². The molecule has 1 aliphatic carbocycles. The number of aromatic nitrogens is 1. The zero-order valence-electron chi connectivity index (χ0n) is 11.7. The molecule has 1 amide bonds. The Morgan fingerprint density at radius 2 is 1.96 bits per heavy atom. The standard InChI is InChI=1S/C13H13F5N2O2S/c14-12(15)6-20(11(9(12)22)3-1-2-4-11)8(21)7-5-23-10(19-7)13(16,17)18/h5,9,22H,1-4,6H2. The van der Waals surface area contributed by atoms with Crippen LogP contribution in [0.1, 0.15) is 41.2 Å². The van der Waals surface area contributed by atoms with Gasteiger partial charge in [0.25, 0.3) is 11.8 Å². The monoisotopic (exact) mass is 356 g/mol. The Kier molecular flexibility index (Phi) is 3.67. The number of thiazole rings is 1. The van der Waals surface area contributed by atoms with Gasteiger partial charge in [-0.25, -0.2) is 13.8 Å². The van der Waals surface area contributed by atoms with Crippen molar-refractivity contribution in [3.63, 3.8) is 0 Å². The van der Waals surface area contributed by atoms with Crippen LogP contribution >= 0.6 is 11.3 Å². The van der Waals surface area contributed by atoms with Gasteiger partial charge in [0.05, 0.1) is 12.1 Å². The lowest BCUT2D eigenvalue weighted by molar-refractivity contribution is -0.137.